The van der Waals surface area contributed by atoms with Gasteiger partial charge in [-0.3, -0.25) is 4.79 Å². The molecule has 5 nitrogen and oxygen atoms in total. The van der Waals surface area contributed by atoms with E-state index in [1.165, 1.54) is 6.42 Å². The standard InChI is InChI=1S/C18H21BrN4O/c1-12-10-14(19)6-7-15(12)21-18-20-13(2)11-16(22-18)17(24)23-8-4-3-5-9-23/h6-7,10-11H,3-5,8-9H2,1-2H3,(H,20,21,22). The summed E-state index contributed by atoms with van der Waals surface area (Å²) in [5.41, 5.74) is 3.25. The molecule has 0 bridgehead atoms. The third kappa shape index (κ3) is 3.93. The molecule has 0 atom stereocenters. The normalized spacial score (nSPS) is 14.5. The Morgan fingerprint density at radius 1 is 1.12 bits per heavy atom. The first kappa shape index (κ1) is 16.9. The average molecular weight is 389 g/mol. The molecule has 0 radical (unpaired) electrons. The number of amides is 1. The number of hydrogen-bond donors (Lipinski definition) is 1. The van der Waals surface area contributed by atoms with Crippen molar-refractivity contribution in [1.29, 1.82) is 0 Å². The SMILES string of the molecule is Cc1cc(C(=O)N2CCCCC2)nc(Nc2ccc(Br)cc2C)n1. The Morgan fingerprint density at radius 3 is 2.58 bits per heavy atom. The number of anilines is 2. The number of benzene rings is 1. The van der Waals surface area contributed by atoms with Crippen LogP contribution in [0.25, 0.3) is 0 Å². The number of likely N-dealkylation sites (tertiary alicyclic amines) is 1. The summed E-state index contributed by atoms with van der Waals surface area (Å²) >= 11 is 3.46. The number of carbonyl (C=O) groups is 1. The lowest BCUT2D eigenvalue weighted by atomic mass is 10.1. The maximum absolute atomic E-state index is 12.7. The molecule has 1 aromatic carbocycles. The van der Waals surface area contributed by atoms with Crippen LogP contribution in [0.5, 0.6) is 0 Å². The Balaban J connectivity index is 1.84. The van der Waals surface area contributed by atoms with Gasteiger partial charge in [0.1, 0.15) is 5.69 Å². The van der Waals surface area contributed by atoms with Crippen LogP contribution in [0.15, 0.2) is 28.7 Å². The van der Waals surface area contributed by atoms with Crippen LogP contribution >= 0.6 is 15.9 Å². The number of piperidine rings is 1. The van der Waals surface area contributed by atoms with Crippen LogP contribution in [0, 0.1) is 13.8 Å². The van der Waals surface area contributed by atoms with Gasteiger partial charge in [0.15, 0.2) is 0 Å². The lowest BCUT2D eigenvalue weighted by Crippen LogP contribution is -2.36. The fourth-order valence-corrected chi connectivity index (χ4v) is 3.36. The lowest BCUT2D eigenvalue weighted by Gasteiger charge is -2.26. The Morgan fingerprint density at radius 2 is 1.88 bits per heavy atom. The molecule has 1 fully saturated rings. The number of rotatable bonds is 3. The first-order valence-corrected chi connectivity index (χ1v) is 9.00. The van der Waals surface area contributed by atoms with Crippen molar-refractivity contribution in [2.75, 3.05) is 18.4 Å². The van der Waals surface area contributed by atoms with Crippen molar-refractivity contribution in [3.63, 3.8) is 0 Å². The van der Waals surface area contributed by atoms with Crippen molar-refractivity contribution in [3.05, 3.63) is 45.7 Å². The van der Waals surface area contributed by atoms with Crippen LogP contribution in [-0.4, -0.2) is 33.9 Å². The Bertz CT molecular complexity index is 757. The summed E-state index contributed by atoms with van der Waals surface area (Å²) in [6, 6.07) is 7.72. The van der Waals surface area contributed by atoms with Crippen LogP contribution in [0.1, 0.15) is 41.0 Å². The quantitative estimate of drug-likeness (QED) is 0.854. The molecule has 0 spiro atoms. The van der Waals surface area contributed by atoms with E-state index in [0.717, 1.165) is 47.3 Å². The van der Waals surface area contributed by atoms with Crippen molar-refractivity contribution < 1.29 is 4.79 Å². The van der Waals surface area contributed by atoms with Gasteiger partial charge in [0.2, 0.25) is 5.95 Å². The molecule has 3 rings (SSSR count). The molecule has 1 N–H and O–H groups in total. The predicted molar refractivity (Wildman–Crippen MR) is 98.7 cm³/mol. The number of nitrogens with zero attached hydrogens (tertiary/aromatic N) is 3. The molecule has 2 heterocycles. The number of aryl methyl sites for hydroxylation is 2. The highest BCUT2D eigenvalue weighted by Crippen LogP contribution is 2.23. The molecule has 0 aliphatic carbocycles. The summed E-state index contributed by atoms with van der Waals surface area (Å²) in [5, 5.41) is 3.22. The first-order chi connectivity index (χ1) is 11.5. The number of hydrogen-bond acceptors (Lipinski definition) is 4. The summed E-state index contributed by atoms with van der Waals surface area (Å²) in [6.07, 6.45) is 3.33. The van der Waals surface area contributed by atoms with E-state index in [2.05, 4.69) is 31.2 Å². The summed E-state index contributed by atoms with van der Waals surface area (Å²) in [6.45, 7) is 5.53. The van der Waals surface area contributed by atoms with Gasteiger partial charge in [-0.25, -0.2) is 9.97 Å². The molecule has 126 valence electrons. The third-order valence-corrected chi connectivity index (χ3v) is 4.64. The molecular weight excluding hydrogens is 368 g/mol. The Hall–Kier alpha value is -1.95. The number of halogens is 1. The fraction of sp³-hybridized carbons (Fsp3) is 0.389. The molecule has 1 aliphatic rings. The van der Waals surface area contributed by atoms with E-state index in [1.54, 1.807) is 6.07 Å². The average Bonchev–Trinajstić information content (AvgIpc) is 2.57. The summed E-state index contributed by atoms with van der Waals surface area (Å²) in [7, 11) is 0. The van der Waals surface area contributed by atoms with Gasteiger partial charge in [0, 0.05) is 28.9 Å². The van der Waals surface area contributed by atoms with Crippen LogP contribution in [0.3, 0.4) is 0 Å². The molecule has 1 amide bonds. The van der Waals surface area contributed by atoms with E-state index >= 15 is 0 Å². The number of carbonyl (C=O) groups excluding carboxylic acids is 1. The minimum absolute atomic E-state index is 0.00391. The van der Waals surface area contributed by atoms with Crippen LogP contribution in [-0.2, 0) is 0 Å². The smallest absolute Gasteiger partial charge is 0.272 e. The summed E-state index contributed by atoms with van der Waals surface area (Å²) in [5.74, 6) is 0.455. The van der Waals surface area contributed by atoms with Gasteiger partial charge in [-0.05, 0) is 62.9 Å². The Labute approximate surface area is 150 Å². The van der Waals surface area contributed by atoms with Crippen LogP contribution in [0.2, 0.25) is 0 Å². The van der Waals surface area contributed by atoms with Crippen LogP contribution in [0.4, 0.5) is 11.6 Å². The zero-order valence-corrected chi connectivity index (χ0v) is 15.6. The highest BCUT2D eigenvalue weighted by molar-refractivity contribution is 9.10. The van der Waals surface area contributed by atoms with E-state index in [4.69, 9.17) is 0 Å². The molecule has 6 heteroatoms. The van der Waals surface area contributed by atoms with Gasteiger partial charge < -0.3 is 10.2 Å². The van der Waals surface area contributed by atoms with Gasteiger partial charge in [-0.2, -0.15) is 0 Å². The van der Waals surface area contributed by atoms with Crippen molar-refractivity contribution in [2.45, 2.75) is 33.1 Å². The third-order valence-electron chi connectivity index (χ3n) is 4.15. The molecule has 0 saturated carbocycles. The van der Waals surface area contributed by atoms with Gasteiger partial charge in [0.05, 0.1) is 0 Å². The number of nitrogens with one attached hydrogen (secondary N) is 1. The Kier molecular flexibility index (Phi) is 5.14. The highest BCUT2D eigenvalue weighted by Gasteiger charge is 2.20. The second kappa shape index (κ2) is 7.30. The molecule has 1 aromatic heterocycles. The largest absolute Gasteiger partial charge is 0.337 e. The minimum atomic E-state index is -0.00391. The zero-order chi connectivity index (χ0) is 17.1. The second-order valence-corrected chi connectivity index (χ2v) is 7.07. The van der Waals surface area contributed by atoms with E-state index in [-0.39, 0.29) is 5.91 Å². The first-order valence-electron chi connectivity index (χ1n) is 8.21. The molecule has 24 heavy (non-hydrogen) atoms. The van der Waals surface area contributed by atoms with Gasteiger partial charge in [-0.15, -0.1) is 0 Å². The van der Waals surface area contributed by atoms with Gasteiger partial charge in [-0.1, -0.05) is 15.9 Å². The zero-order valence-electron chi connectivity index (χ0n) is 14.0. The molecule has 1 aliphatic heterocycles. The second-order valence-electron chi connectivity index (χ2n) is 6.16. The lowest BCUT2D eigenvalue weighted by molar-refractivity contribution is 0.0718. The van der Waals surface area contributed by atoms with Crippen molar-refractivity contribution in [1.82, 2.24) is 14.9 Å². The highest BCUT2D eigenvalue weighted by atomic mass is 79.9. The molecule has 0 unspecified atom stereocenters. The van der Waals surface area contributed by atoms with E-state index < -0.39 is 0 Å². The molecular formula is C18H21BrN4O. The van der Waals surface area contributed by atoms with Crippen molar-refractivity contribution >= 4 is 33.5 Å². The monoisotopic (exact) mass is 388 g/mol. The maximum Gasteiger partial charge on any atom is 0.272 e. The topological polar surface area (TPSA) is 58.1 Å². The van der Waals surface area contributed by atoms with Crippen molar-refractivity contribution in [3.8, 4) is 0 Å². The van der Waals surface area contributed by atoms with E-state index in [1.807, 2.05) is 36.9 Å². The minimum Gasteiger partial charge on any atom is -0.337 e. The van der Waals surface area contributed by atoms with E-state index in [9.17, 15) is 4.79 Å². The van der Waals surface area contributed by atoms with Gasteiger partial charge in [0.25, 0.3) is 5.91 Å². The maximum atomic E-state index is 12.7. The van der Waals surface area contributed by atoms with Gasteiger partial charge >= 0.3 is 0 Å². The summed E-state index contributed by atoms with van der Waals surface area (Å²) in [4.78, 5) is 23.4. The molecule has 2 aromatic rings. The van der Waals surface area contributed by atoms with Crippen LogP contribution < -0.4 is 5.32 Å². The predicted octanol–water partition coefficient (Wildman–Crippen LogP) is 4.23. The summed E-state index contributed by atoms with van der Waals surface area (Å²) < 4.78 is 1.02. The molecule has 1 saturated heterocycles. The number of aromatic nitrogens is 2. The van der Waals surface area contributed by atoms with Crippen molar-refractivity contribution in [2.24, 2.45) is 0 Å². The fourth-order valence-electron chi connectivity index (χ4n) is 2.88. The van der Waals surface area contributed by atoms with E-state index in [0.29, 0.717) is 11.6 Å².